The van der Waals surface area contributed by atoms with Crippen LogP contribution in [0.4, 0.5) is 0 Å². The third kappa shape index (κ3) is 2.40. The van der Waals surface area contributed by atoms with E-state index in [1.54, 1.807) is 26.1 Å². The fourth-order valence-corrected chi connectivity index (χ4v) is 2.40. The molecule has 0 saturated carbocycles. The second-order valence-electron chi connectivity index (χ2n) is 4.67. The highest BCUT2D eigenvalue weighted by Crippen LogP contribution is 2.31. The number of carbonyl (C=O) groups is 1. The summed E-state index contributed by atoms with van der Waals surface area (Å²) in [7, 11) is 0. The van der Waals surface area contributed by atoms with E-state index in [9.17, 15) is 4.79 Å². The van der Waals surface area contributed by atoms with Crippen molar-refractivity contribution in [2.75, 3.05) is 6.61 Å². The molecule has 0 amide bonds. The summed E-state index contributed by atoms with van der Waals surface area (Å²) in [5.74, 6) is 0.997. The minimum atomic E-state index is -0.311. The zero-order valence-corrected chi connectivity index (χ0v) is 11.9. The summed E-state index contributed by atoms with van der Waals surface area (Å²) in [6.07, 6.45) is 1.70. The van der Waals surface area contributed by atoms with Crippen LogP contribution in [0.1, 0.15) is 23.2 Å². The molecule has 0 saturated heterocycles. The van der Waals surface area contributed by atoms with E-state index in [4.69, 9.17) is 9.15 Å². The Labute approximate surface area is 122 Å². The number of esters is 1. The molecule has 3 rings (SSSR count). The minimum absolute atomic E-state index is 0.311. The topological polar surface area (TPSA) is 52.3 Å². The van der Waals surface area contributed by atoms with E-state index in [1.807, 2.05) is 30.3 Å². The maximum Gasteiger partial charge on any atom is 0.338 e. The molecule has 0 radical (unpaired) electrons. The summed E-state index contributed by atoms with van der Waals surface area (Å²) >= 11 is 0. The third-order valence-corrected chi connectivity index (χ3v) is 3.30. The number of aromatic nitrogens is 1. The second kappa shape index (κ2) is 5.40. The number of hydrogen-bond acceptors (Lipinski definition) is 4. The Morgan fingerprint density at radius 1 is 1.19 bits per heavy atom. The first-order chi connectivity index (χ1) is 10.2. The number of fused-ring (bicyclic) bond motifs is 1. The van der Waals surface area contributed by atoms with Crippen molar-refractivity contribution in [3.63, 3.8) is 0 Å². The van der Waals surface area contributed by atoms with Crippen molar-refractivity contribution in [2.24, 2.45) is 0 Å². The van der Waals surface area contributed by atoms with Crippen molar-refractivity contribution < 1.29 is 13.9 Å². The van der Waals surface area contributed by atoms with Gasteiger partial charge in [-0.25, -0.2) is 9.78 Å². The lowest BCUT2D eigenvalue weighted by atomic mass is 9.99. The molecule has 0 fully saturated rings. The van der Waals surface area contributed by atoms with Crippen LogP contribution in [-0.4, -0.2) is 17.6 Å². The molecule has 2 aromatic carbocycles. The van der Waals surface area contributed by atoms with E-state index in [0.29, 0.717) is 23.8 Å². The van der Waals surface area contributed by atoms with Crippen molar-refractivity contribution >= 4 is 16.7 Å². The molecule has 1 aromatic heterocycles. The highest BCUT2D eigenvalue weighted by Gasteiger charge is 2.14. The molecule has 0 unspecified atom stereocenters. The van der Waals surface area contributed by atoms with E-state index in [0.717, 1.165) is 16.3 Å². The van der Waals surface area contributed by atoms with E-state index in [2.05, 4.69) is 4.98 Å². The number of carbonyl (C=O) groups excluding carboxylic acids is 1. The molecule has 21 heavy (non-hydrogen) atoms. The first-order valence-corrected chi connectivity index (χ1v) is 6.82. The summed E-state index contributed by atoms with van der Waals surface area (Å²) in [5, 5.41) is 1.79. The van der Waals surface area contributed by atoms with Crippen molar-refractivity contribution in [3.8, 4) is 11.3 Å². The molecule has 0 atom stereocenters. The van der Waals surface area contributed by atoms with Crippen molar-refractivity contribution in [1.29, 1.82) is 0 Å². The van der Waals surface area contributed by atoms with Gasteiger partial charge >= 0.3 is 5.97 Å². The Hall–Kier alpha value is -2.62. The molecule has 3 aromatic rings. The maximum absolute atomic E-state index is 12.1. The standard InChI is InChI=1S/C17H15NO3/c1-3-20-17(19)15-9-5-6-12-13(15)7-4-8-14(12)16-10-18-11(2)21-16/h4-10H,3H2,1-2H3. The van der Waals surface area contributed by atoms with Gasteiger partial charge in [-0.3, -0.25) is 0 Å². The number of benzene rings is 2. The summed E-state index contributed by atoms with van der Waals surface area (Å²) in [6, 6.07) is 11.4. The van der Waals surface area contributed by atoms with Crippen LogP contribution in [0.2, 0.25) is 0 Å². The lowest BCUT2D eigenvalue weighted by molar-refractivity contribution is 0.0528. The normalized spacial score (nSPS) is 10.8. The second-order valence-corrected chi connectivity index (χ2v) is 4.67. The number of aryl methyl sites for hydroxylation is 1. The molecule has 1 heterocycles. The molecule has 0 N–H and O–H groups in total. The largest absolute Gasteiger partial charge is 0.462 e. The average molecular weight is 281 g/mol. The molecule has 0 spiro atoms. The zero-order chi connectivity index (χ0) is 14.8. The molecule has 0 bridgehead atoms. The predicted molar refractivity (Wildman–Crippen MR) is 80.1 cm³/mol. The molecule has 0 aliphatic rings. The Bertz CT molecular complexity index is 805. The van der Waals surface area contributed by atoms with Crippen LogP contribution in [0.3, 0.4) is 0 Å². The third-order valence-electron chi connectivity index (χ3n) is 3.30. The maximum atomic E-state index is 12.1. The van der Waals surface area contributed by atoms with Crippen molar-refractivity contribution in [3.05, 3.63) is 54.0 Å². The quantitative estimate of drug-likeness (QED) is 0.681. The number of nitrogens with zero attached hydrogens (tertiary/aromatic N) is 1. The SMILES string of the molecule is CCOC(=O)c1cccc2c(-c3cnc(C)o3)cccc12. The summed E-state index contributed by atoms with van der Waals surface area (Å²) in [4.78, 5) is 16.2. The van der Waals surface area contributed by atoms with Crippen LogP contribution < -0.4 is 0 Å². The van der Waals surface area contributed by atoms with Gasteiger partial charge in [-0.15, -0.1) is 0 Å². The lowest BCUT2D eigenvalue weighted by Gasteiger charge is -2.08. The predicted octanol–water partition coefficient (Wildman–Crippen LogP) is 3.98. The van der Waals surface area contributed by atoms with Gasteiger partial charge in [0.1, 0.15) is 0 Å². The van der Waals surface area contributed by atoms with E-state index < -0.39 is 0 Å². The zero-order valence-electron chi connectivity index (χ0n) is 11.9. The van der Waals surface area contributed by atoms with Gasteiger partial charge in [0.05, 0.1) is 18.4 Å². The summed E-state index contributed by atoms with van der Waals surface area (Å²) < 4.78 is 10.7. The monoisotopic (exact) mass is 281 g/mol. The van der Waals surface area contributed by atoms with E-state index in [-0.39, 0.29) is 5.97 Å². The molecule has 106 valence electrons. The van der Waals surface area contributed by atoms with E-state index >= 15 is 0 Å². The highest BCUT2D eigenvalue weighted by molar-refractivity contribution is 6.08. The van der Waals surface area contributed by atoms with E-state index in [1.165, 1.54) is 0 Å². The molecule has 4 nitrogen and oxygen atoms in total. The van der Waals surface area contributed by atoms with Crippen molar-refractivity contribution in [2.45, 2.75) is 13.8 Å². The number of rotatable bonds is 3. The Morgan fingerprint density at radius 3 is 2.67 bits per heavy atom. The van der Waals surface area contributed by atoms with Gasteiger partial charge in [0, 0.05) is 12.5 Å². The van der Waals surface area contributed by atoms with Gasteiger partial charge in [0.25, 0.3) is 0 Å². The van der Waals surface area contributed by atoms with Gasteiger partial charge in [-0.2, -0.15) is 0 Å². The van der Waals surface area contributed by atoms with Crippen LogP contribution in [0, 0.1) is 6.92 Å². The molecule has 0 aliphatic heterocycles. The van der Waals surface area contributed by atoms with Gasteiger partial charge in [-0.05, 0) is 23.8 Å². The van der Waals surface area contributed by atoms with Gasteiger partial charge in [0.15, 0.2) is 11.7 Å². The van der Waals surface area contributed by atoms with Gasteiger partial charge < -0.3 is 9.15 Å². The number of ether oxygens (including phenoxy) is 1. The van der Waals surface area contributed by atoms with Crippen molar-refractivity contribution in [1.82, 2.24) is 4.98 Å². The summed E-state index contributed by atoms with van der Waals surface area (Å²) in [6.45, 7) is 3.96. The fraction of sp³-hybridized carbons (Fsp3) is 0.176. The van der Waals surface area contributed by atoms with Gasteiger partial charge in [0.2, 0.25) is 0 Å². The first kappa shape index (κ1) is 13.4. The van der Waals surface area contributed by atoms with Crippen LogP contribution in [0.5, 0.6) is 0 Å². The molecular weight excluding hydrogens is 266 g/mol. The highest BCUT2D eigenvalue weighted by atomic mass is 16.5. The number of hydrogen-bond donors (Lipinski definition) is 0. The van der Waals surface area contributed by atoms with Crippen LogP contribution in [0.25, 0.3) is 22.1 Å². The smallest absolute Gasteiger partial charge is 0.338 e. The number of oxazole rings is 1. The Morgan fingerprint density at radius 2 is 1.95 bits per heavy atom. The molecular formula is C17H15NO3. The van der Waals surface area contributed by atoms with Crippen LogP contribution in [-0.2, 0) is 4.74 Å². The van der Waals surface area contributed by atoms with Crippen LogP contribution in [0.15, 0.2) is 47.0 Å². The first-order valence-electron chi connectivity index (χ1n) is 6.82. The van der Waals surface area contributed by atoms with Gasteiger partial charge in [-0.1, -0.05) is 30.3 Å². The Balaban J connectivity index is 2.21. The van der Waals surface area contributed by atoms with Crippen LogP contribution >= 0.6 is 0 Å². The minimum Gasteiger partial charge on any atom is -0.462 e. The average Bonchev–Trinajstić information content (AvgIpc) is 2.92. The fourth-order valence-electron chi connectivity index (χ4n) is 2.40. The summed E-state index contributed by atoms with van der Waals surface area (Å²) in [5.41, 5.74) is 1.48. The lowest BCUT2D eigenvalue weighted by Crippen LogP contribution is -2.05. The molecule has 4 heteroatoms. The Kier molecular flexibility index (Phi) is 3.44. The molecule has 0 aliphatic carbocycles.